The van der Waals surface area contributed by atoms with E-state index in [2.05, 4.69) is 10.3 Å². The van der Waals surface area contributed by atoms with Crippen LogP contribution in [0.15, 0.2) is 63.9 Å². The number of ether oxygens (including phenoxy) is 2. The van der Waals surface area contributed by atoms with Crippen LogP contribution >= 0.6 is 23.1 Å². The van der Waals surface area contributed by atoms with E-state index in [1.807, 2.05) is 54.8 Å². The second-order valence-corrected chi connectivity index (χ2v) is 9.03. The third-order valence-corrected chi connectivity index (χ3v) is 6.93. The molecule has 0 spiro atoms. The Morgan fingerprint density at radius 1 is 1.12 bits per heavy atom. The summed E-state index contributed by atoms with van der Waals surface area (Å²) in [7, 11) is 3.14. The first-order chi connectivity index (χ1) is 16.0. The molecular formula is C24H23N3O4S2. The highest BCUT2D eigenvalue weighted by atomic mass is 32.2. The molecule has 0 atom stereocenters. The molecule has 2 aromatic heterocycles. The lowest BCUT2D eigenvalue weighted by Crippen LogP contribution is -2.26. The van der Waals surface area contributed by atoms with Crippen LogP contribution in [0.3, 0.4) is 0 Å². The number of aromatic nitrogens is 2. The van der Waals surface area contributed by atoms with Gasteiger partial charge in [0.15, 0.2) is 16.7 Å². The molecule has 7 nitrogen and oxygen atoms in total. The molecule has 0 radical (unpaired) electrons. The number of carbonyl (C=O) groups excluding carboxylic acids is 1. The number of hydrogen-bond donors (Lipinski definition) is 1. The van der Waals surface area contributed by atoms with E-state index in [0.29, 0.717) is 33.4 Å². The highest BCUT2D eigenvalue weighted by molar-refractivity contribution is 7.99. The highest BCUT2D eigenvalue weighted by Crippen LogP contribution is 2.30. The summed E-state index contributed by atoms with van der Waals surface area (Å²) >= 11 is 2.60. The largest absolute Gasteiger partial charge is 0.493 e. The average Bonchev–Trinajstić information content (AvgIpc) is 3.31. The van der Waals surface area contributed by atoms with Gasteiger partial charge in [-0.25, -0.2) is 4.98 Å². The first-order valence-electron chi connectivity index (χ1n) is 10.2. The molecule has 9 heteroatoms. The van der Waals surface area contributed by atoms with Crippen LogP contribution in [0, 0.1) is 6.92 Å². The molecule has 0 saturated heterocycles. The minimum Gasteiger partial charge on any atom is -0.493 e. The number of benzene rings is 2. The van der Waals surface area contributed by atoms with E-state index >= 15 is 0 Å². The van der Waals surface area contributed by atoms with Crippen LogP contribution in [0.4, 0.5) is 0 Å². The van der Waals surface area contributed by atoms with E-state index in [4.69, 9.17) is 9.47 Å². The van der Waals surface area contributed by atoms with Gasteiger partial charge < -0.3 is 14.8 Å². The van der Waals surface area contributed by atoms with Crippen LogP contribution in [-0.2, 0) is 11.3 Å². The Morgan fingerprint density at radius 3 is 2.70 bits per heavy atom. The summed E-state index contributed by atoms with van der Waals surface area (Å²) in [6.07, 6.45) is 0. The second-order valence-electron chi connectivity index (χ2n) is 7.17. The molecule has 0 fully saturated rings. The molecule has 4 aromatic rings. The number of rotatable bonds is 8. The summed E-state index contributed by atoms with van der Waals surface area (Å²) in [5.41, 5.74) is 3.03. The van der Waals surface area contributed by atoms with E-state index < -0.39 is 0 Å². The number of amides is 1. The Balaban J connectivity index is 1.55. The Bertz CT molecular complexity index is 1360. The van der Waals surface area contributed by atoms with Crippen LogP contribution < -0.4 is 20.3 Å². The summed E-state index contributed by atoms with van der Waals surface area (Å²) in [5.74, 6) is 1.13. The molecular weight excluding hydrogens is 458 g/mol. The molecule has 1 N–H and O–H groups in total. The standard InChI is InChI=1S/C24H23N3O4S2/c1-15-7-4-5-9-18(15)27-23(29)22-17(11-12-32-22)26-24(27)33-14-20(28)25-13-16-8-6-10-19(30-2)21(16)31-3/h4-12H,13-14H2,1-3H3,(H,25,28). The topological polar surface area (TPSA) is 82.5 Å². The van der Waals surface area contributed by atoms with Gasteiger partial charge in [0.2, 0.25) is 5.91 Å². The zero-order chi connectivity index (χ0) is 23.4. The monoisotopic (exact) mass is 481 g/mol. The lowest BCUT2D eigenvalue weighted by molar-refractivity contribution is -0.118. The van der Waals surface area contributed by atoms with Crippen molar-refractivity contribution in [3.63, 3.8) is 0 Å². The number of thioether (sulfide) groups is 1. The van der Waals surface area contributed by atoms with E-state index in [0.717, 1.165) is 16.8 Å². The maximum Gasteiger partial charge on any atom is 0.276 e. The Morgan fingerprint density at radius 2 is 1.94 bits per heavy atom. The normalized spacial score (nSPS) is 10.9. The van der Waals surface area contributed by atoms with Gasteiger partial charge in [0, 0.05) is 12.1 Å². The summed E-state index contributed by atoms with van der Waals surface area (Å²) in [6, 6.07) is 15.0. The minimum atomic E-state index is -0.180. The predicted octanol–water partition coefficient (Wildman–Crippen LogP) is 4.18. The van der Waals surface area contributed by atoms with Crippen LogP contribution in [-0.4, -0.2) is 35.4 Å². The van der Waals surface area contributed by atoms with Crippen LogP contribution in [0.1, 0.15) is 11.1 Å². The SMILES string of the molecule is COc1cccc(CNC(=O)CSc2nc3ccsc3c(=O)n2-c2ccccc2C)c1OC. The first kappa shape index (κ1) is 22.9. The van der Waals surface area contributed by atoms with Gasteiger partial charge in [-0.3, -0.25) is 14.2 Å². The average molecular weight is 482 g/mol. The number of thiophene rings is 1. The van der Waals surface area contributed by atoms with Crippen molar-refractivity contribution in [1.29, 1.82) is 0 Å². The molecule has 0 unspecified atom stereocenters. The Kier molecular flexibility index (Phi) is 7.00. The molecule has 33 heavy (non-hydrogen) atoms. The van der Waals surface area contributed by atoms with Crippen LogP contribution in [0.5, 0.6) is 11.5 Å². The minimum absolute atomic E-state index is 0.111. The quantitative estimate of drug-likeness (QED) is 0.300. The molecule has 0 aliphatic rings. The van der Waals surface area contributed by atoms with Crippen LogP contribution in [0.25, 0.3) is 15.9 Å². The molecule has 0 aliphatic carbocycles. The van der Waals surface area contributed by atoms with Gasteiger partial charge in [0.1, 0.15) is 4.70 Å². The molecule has 0 saturated carbocycles. The number of aryl methyl sites for hydroxylation is 1. The lowest BCUT2D eigenvalue weighted by Gasteiger charge is -2.15. The third kappa shape index (κ3) is 4.74. The van der Waals surface area contributed by atoms with Crippen molar-refractivity contribution in [3.8, 4) is 17.2 Å². The van der Waals surface area contributed by atoms with Gasteiger partial charge in [-0.1, -0.05) is 42.1 Å². The number of hydrogen-bond acceptors (Lipinski definition) is 7. The maximum atomic E-state index is 13.2. The fourth-order valence-electron chi connectivity index (χ4n) is 3.48. The van der Waals surface area contributed by atoms with E-state index in [-0.39, 0.29) is 17.2 Å². The van der Waals surface area contributed by atoms with Crippen molar-refractivity contribution >= 4 is 39.2 Å². The van der Waals surface area contributed by atoms with Crippen molar-refractivity contribution < 1.29 is 14.3 Å². The molecule has 1 amide bonds. The number of fused-ring (bicyclic) bond motifs is 1. The maximum absolute atomic E-state index is 13.2. The molecule has 0 bridgehead atoms. The van der Waals surface area contributed by atoms with Crippen molar-refractivity contribution in [1.82, 2.24) is 14.9 Å². The van der Waals surface area contributed by atoms with Gasteiger partial charge >= 0.3 is 0 Å². The first-order valence-corrected chi connectivity index (χ1v) is 12.1. The number of para-hydroxylation sites is 2. The smallest absolute Gasteiger partial charge is 0.276 e. The predicted molar refractivity (Wildman–Crippen MR) is 132 cm³/mol. The van der Waals surface area contributed by atoms with E-state index in [9.17, 15) is 9.59 Å². The number of nitrogens with zero attached hydrogens (tertiary/aromatic N) is 2. The van der Waals surface area contributed by atoms with Gasteiger partial charge in [0.25, 0.3) is 5.56 Å². The Labute approximate surface area is 199 Å². The van der Waals surface area contributed by atoms with Crippen molar-refractivity contribution in [2.45, 2.75) is 18.6 Å². The van der Waals surface area contributed by atoms with Gasteiger partial charge in [-0.05, 0) is 36.1 Å². The van der Waals surface area contributed by atoms with Crippen molar-refractivity contribution in [3.05, 3.63) is 75.4 Å². The highest BCUT2D eigenvalue weighted by Gasteiger charge is 2.17. The molecule has 4 rings (SSSR count). The van der Waals surface area contributed by atoms with E-state index in [1.54, 1.807) is 24.9 Å². The zero-order valence-corrected chi connectivity index (χ0v) is 20.1. The van der Waals surface area contributed by atoms with Gasteiger partial charge in [-0.15, -0.1) is 11.3 Å². The second kappa shape index (κ2) is 10.1. The zero-order valence-electron chi connectivity index (χ0n) is 18.5. The molecule has 170 valence electrons. The van der Waals surface area contributed by atoms with Gasteiger partial charge in [-0.2, -0.15) is 0 Å². The number of nitrogens with one attached hydrogen (secondary N) is 1. The molecule has 2 heterocycles. The molecule has 0 aliphatic heterocycles. The fourth-order valence-corrected chi connectivity index (χ4v) is 5.08. The summed E-state index contributed by atoms with van der Waals surface area (Å²) in [4.78, 5) is 30.6. The van der Waals surface area contributed by atoms with Crippen LogP contribution in [0.2, 0.25) is 0 Å². The molecule has 2 aromatic carbocycles. The van der Waals surface area contributed by atoms with Crippen molar-refractivity contribution in [2.24, 2.45) is 0 Å². The third-order valence-electron chi connectivity index (χ3n) is 5.10. The van der Waals surface area contributed by atoms with E-state index in [1.165, 1.54) is 23.1 Å². The Hall–Kier alpha value is -3.30. The summed E-state index contributed by atoms with van der Waals surface area (Å²) in [5, 5.41) is 5.24. The fraction of sp³-hybridized carbons (Fsp3) is 0.208. The van der Waals surface area contributed by atoms with Gasteiger partial charge in [0.05, 0.1) is 31.2 Å². The van der Waals surface area contributed by atoms with Crippen molar-refractivity contribution in [2.75, 3.05) is 20.0 Å². The number of carbonyl (C=O) groups is 1. The summed E-state index contributed by atoms with van der Waals surface area (Å²) < 4.78 is 12.9. The summed E-state index contributed by atoms with van der Waals surface area (Å²) in [6.45, 7) is 2.24. The lowest BCUT2D eigenvalue weighted by atomic mass is 10.2. The number of methoxy groups -OCH3 is 2.